The Morgan fingerprint density at radius 1 is 1.16 bits per heavy atom. The zero-order valence-corrected chi connectivity index (χ0v) is 17.3. The van der Waals surface area contributed by atoms with Gasteiger partial charge in [0.25, 0.3) is 5.91 Å². The molecule has 0 aromatic heterocycles. The summed E-state index contributed by atoms with van der Waals surface area (Å²) in [7, 11) is 1.43. The highest BCUT2D eigenvalue weighted by Gasteiger charge is 2.15. The monoisotopic (exact) mass is 436 g/mol. The summed E-state index contributed by atoms with van der Waals surface area (Å²) < 4.78 is 25.0. The van der Waals surface area contributed by atoms with E-state index in [2.05, 4.69) is 5.32 Å². The summed E-state index contributed by atoms with van der Waals surface area (Å²) in [6.07, 6.45) is 1.50. The van der Waals surface area contributed by atoms with E-state index in [9.17, 15) is 14.4 Å². The lowest BCUT2D eigenvalue weighted by Crippen LogP contribution is -2.20. The van der Waals surface area contributed by atoms with Crippen LogP contribution in [0, 0.1) is 17.1 Å². The van der Waals surface area contributed by atoms with Gasteiger partial charge in [-0.25, -0.2) is 4.39 Å². The average Bonchev–Trinajstić information content (AvgIpc) is 2.77. The molecule has 0 saturated carbocycles. The number of nitrogens with one attached hydrogen (secondary N) is 1. The second-order valence-corrected chi connectivity index (χ2v) is 6.79. The molecule has 0 atom stereocenters. The largest absolute Gasteiger partial charge is 0.493 e. The zero-order chi connectivity index (χ0) is 22.2. The number of carbonyl (C=O) groups excluding carboxylic acids is 1. The molecule has 156 valence electrons. The van der Waals surface area contributed by atoms with Crippen LogP contribution in [0.4, 0.5) is 10.1 Å². The molecule has 0 aliphatic carbocycles. The van der Waals surface area contributed by atoms with Crippen LogP contribution >= 0.6 is 11.6 Å². The van der Waals surface area contributed by atoms with Crippen molar-refractivity contribution >= 4 is 34.8 Å². The van der Waals surface area contributed by atoms with Crippen LogP contribution in [0.25, 0.3) is 11.6 Å². The van der Waals surface area contributed by atoms with Gasteiger partial charge in [-0.05, 0) is 42.0 Å². The fraction of sp³-hybridized carbons (Fsp3) is 0.0833. The van der Waals surface area contributed by atoms with E-state index in [-0.39, 0.29) is 40.2 Å². The van der Waals surface area contributed by atoms with Gasteiger partial charge in [-0.3, -0.25) is 4.79 Å². The van der Waals surface area contributed by atoms with Gasteiger partial charge in [-0.15, -0.1) is 0 Å². The maximum atomic E-state index is 14.1. The molecule has 0 heterocycles. The minimum absolute atomic E-state index is 0.132. The predicted octanol–water partition coefficient (Wildman–Crippen LogP) is 5.57. The Morgan fingerprint density at radius 3 is 2.55 bits per heavy atom. The number of amides is 1. The number of ether oxygens (including phenoxy) is 2. The van der Waals surface area contributed by atoms with Crippen LogP contribution in [0.3, 0.4) is 0 Å². The summed E-state index contributed by atoms with van der Waals surface area (Å²) in [6, 6.07) is 20.1. The van der Waals surface area contributed by atoms with Gasteiger partial charge in [0.15, 0.2) is 18.1 Å². The quantitative estimate of drug-likeness (QED) is 0.388. The fourth-order valence-corrected chi connectivity index (χ4v) is 3.11. The summed E-state index contributed by atoms with van der Waals surface area (Å²) in [5.74, 6) is -0.400. The number of hydrogen-bond donors (Lipinski definition) is 1. The van der Waals surface area contributed by atoms with Gasteiger partial charge in [-0.2, -0.15) is 5.26 Å². The number of nitrogens with zero attached hydrogens (tertiary/aromatic N) is 1. The summed E-state index contributed by atoms with van der Waals surface area (Å²) in [5.41, 5.74) is 1.47. The third-order valence-corrected chi connectivity index (χ3v) is 4.53. The van der Waals surface area contributed by atoms with Crippen molar-refractivity contribution in [2.45, 2.75) is 0 Å². The third kappa shape index (κ3) is 5.62. The molecule has 1 amide bonds. The molecule has 0 spiro atoms. The Balaban J connectivity index is 1.81. The van der Waals surface area contributed by atoms with Crippen molar-refractivity contribution in [1.82, 2.24) is 0 Å². The highest BCUT2D eigenvalue weighted by molar-refractivity contribution is 6.32. The molecule has 0 aliphatic rings. The van der Waals surface area contributed by atoms with E-state index >= 15 is 0 Å². The lowest BCUT2D eigenvalue weighted by Gasteiger charge is -2.13. The molecular formula is C24H18ClFN2O3. The first kappa shape index (κ1) is 21.9. The Kier molecular flexibility index (Phi) is 7.26. The number of para-hydroxylation sites is 1. The van der Waals surface area contributed by atoms with Crippen molar-refractivity contribution in [2.24, 2.45) is 0 Å². The van der Waals surface area contributed by atoms with E-state index < -0.39 is 5.82 Å². The van der Waals surface area contributed by atoms with Crippen LogP contribution in [0.15, 0.2) is 66.7 Å². The third-order valence-electron chi connectivity index (χ3n) is 4.25. The average molecular weight is 437 g/mol. The molecule has 0 aliphatic heterocycles. The zero-order valence-electron chi connectivity index (χ0n) is 16.6. The minimum Gasteiger partial charge on any atom is -0.493 e. The first-order valence-electron chi connectivity index (χ1n) is 9.23. The second kappa shape index (κ2) is 10.3. The van der Waals surface area contributed by atoms with Gasteiger partial charge in [0, 0.05) is 11.3 Å². The molecule has 7 heteroatoms. The molecule has 1 N–H and O–H groups in total. The molecular weight excluding hydrogens is 419 g/mol. The van der Waals surface area contributed by atoms with Gasteiger partial charge < -0.3 is 14.8 Å². The first-order valence-corrected chi connectivity index (χ1v) is 9.61. The van der Waals surface area contributed by atoms with Gasteiger partial charge in [0.2, 0.25) is 0 Å². The van der Waals surface area contributed by atoms with Crippen LogP contribution in [-0.2, 0) is 4.79 Å². The maximum absolute atomic E-state index is 14.1. The normalized spacial score (nSPS) is 10.8. The molecule has 0 bridgehead atoms. The van der Waals surface area contributed by atoms with Crippen molar-refractivity contribution in [3.8, 4) is 17.6 Å². The van der Waals surface area contributed by atoms with E-state index in [4.69, 9.17) is 21.1 Å². The van der Waals surface area contributed by atoms with Crippen LogP contribution in [0.5, 0.6) is 11.5 Å². The smallest absolute Gasteiger partial charge is 0.262 e. The van der Waals surface area contributed by atoms with Crippen molar-refractivity contribution in [3.63, 3.8) is 0 Å². The highest BCUT2D eigenvalue weighted by atomic mass is 35.5. The second-order valence-electron chi connectivity index (χ2n) is 6.39. The van der Waals surface area contributed by atoms with Crippen LogP contribution in [0.1, 0.15) is 11.1 Å². The SMILES string of the molecule is COc1cc(C=C(C#N)c2ccccc2F)cc(Cl)c1OCC(=O)Nc1ccccc1. The van der Waals surface area contributed by atoms with E-state index in [0.29, 0.717) is 11.3 Å². The topological polar surface area (TPSA) is 71.3 Å². The molecule has 0 unspecified atom stereocenters. The molecule has 3 aromatic rings. The van der Waals surface area contributed by atoms with E-state index in [1.54, 1.807) is 48.5 Å². The number of anilines is 1. The lowest BCUT2D eigenvalue weighted by atomic mass is 10.0. The molecule has 3 aromatic carbocycles. The Bertz CT molecular complexity index is 1160. The number of nitriles is 1. The van der Waals surface area contributed by atoms with E-state index in [0.717, 1.165) is 0 Å². The Labute approximate surface area is 184 Å². The first-order chi connectivity index (χ1) is 15.0. The van der Waals surface area contributed by atoms with Crippen molar-refractivity contribution in [2.75, 3.05) is 19.0 Å². The minimum atomic E-state index is -0.502. The van der Waals surface area contributed by atoms with Crippen molar-refractivity contribution in [3.05, 3.63) is 88.7 Å². The number of allylic oxidation sites excluding steroid dienone is 1. The van der Waals surface area contributed by atoms with Gasteiger partial charge in [0.1, 0.15) is 5.82 Å². The molecule has 0 radical (unpaired) electrons. The molecule has 5 nitrogen and oxygen atoms in total. The van der Waals surface area contributed by atoms with Crippen LogP contribution < -0.4 is 14.8 Å². The number of methoxy groups -OCH3 is 1. The van der Waals surface area contributed by atoms with E-state index in [1.807, 2.05) is 12.1 Å². The van der Waals surface area contributed by atoms with Crippen molar-refractivity contribution < 1.29 is 18.7 Å². The van der Waals surface area contributed by atoms with Gasteiger partial charge >= 0.3 is 0 Å². The molecule has 0 saturated heterocycles. The van der Waals surface area contributed by atoms with Gasteiger partial charge in [-0.1, -0.05) is 48.0 Å². The molecule has 31 heavy (non-hydrogen) atoms. The Morgan fingerprint density at radius 2 is 1.87 bits per heavy atom. The number of hydrogen-bond acceptors (Lipinski definition) is 4. The fourth-order valence-electron chi connectivity index (χ4n) is 2.84. The summed E-state index contributed by atoms with van der Waals surface area (Å²) in [5, 5.41) is 12.4. The van der Waals surface area contributed by atoms with Gasteiger partial charge in [0.05, 0.1) is 23.8 Å². The highest BCUT2D eigenvalue weighted by Crippen LogP contribution is 2.37. The predicted molar refractivity (Wildman–Crippen MR) is 118 cm³/mol. The van der Waals surface area contributed by atoms with Crippen molar-refractivity contribution in [1.29, 1.82) is 5.26 Å². The summed E-state index contributed by atoms with van der Waals surface area (Å²) in [4.78, 5) is 12.1. The maximum Gasteiger partial charge on any atom is 0.262 e. The summed E-state index contributed by atoms with van der Waals surface area (Å²) >= 11 is 6.34. The lowest BCUT2D eigenvalue weighted by molar-refractivity contribution is -0.118. The van der Waals surface area contributed by atoms with E-state index in [1.165, 1.54) is 25.3 Å². The van der Waals surface area contributed by atoms with Crippen LogP contribution in [0.2, 0.25) is 5.02 Å². The molecule has 3 rings (SSSR count). The number of benzene rings is 3. The number of rotatable bonds is 7. The standard InChI is InChI=1S/C24H18ClFN2O3/c1-30-22-13-16(11-17(14-27)19-9-5-6-10-21(19)26)12-20(25)24(22)31-15-23(29)28-18-7-3-2-4-8-18/h2-13H,15H2,1H3,(H,28,29). The Hall–Kier alpha value is -3.82. The molecule has 0 fully saturated rings. The number of halogens is 2. The van der Waals surface area contributed by atoms with Crippen LogP contribution in [-0.4, -0.2) is 19.6 Å². The number of carbonyl (C=O) groups is 1. The summed E-state index contributed by atoms with van der Waals surface area (Å²) in [6.45, 7) is -0.279.